The first-order chi connectivity index (χ1) is 6.61. The molecule has 0 bridgehead atoms. The Bertz CT molecular complexity index is 332. The van der Waals surface area contributed by atoms with Crippen LogP contribution in [-0.4, -0.2) is 17.7 Å². The average molecular weight is 234 g/mol. The topological polar surface area (TPSA) is 38.7 Å². The summed E-state index contributed by atoms with van der Waals surface area (Å²) < 4.78 is 5.29. The summed E-state index contributed by atoms with van der Waals surface area (Å²) in [5.41, 5.74) is 0.387. The van der Waals surface area contributed by atoms with Crippen molar-refractivity contribution in [3.05, 3.63) is 22.9 Å². The van der Waals surface area contributed by atoms with E-state index in [-0.39, 0.29) is 0 Å². The predicted octanol–water partition coefficient (Wildman–Crippen LogP) is 2.70. The van der Waals surface area contributed by atoms with Crippen LogP contribution in [0.15, 0.2) is 27.9 Å². The molecule has 1 atom stereocenters. The zero-order valence-electron chi connectivity index (χ0n) is 7.59. The summed E-state index contributed by atoms with van der Waals surface area (Å²) in [4.78, 5) is 13.5. The molecule has 3 nitrogen and oxygen atoms in total. The highest BCUT2D eigenvalue weighted by Gasteiger charge is 2.29. The minimum Gasteiger partial charge on any atom is -0.356 e. The third kappa shape index (κ3) is 2.69. The number of halogens is 2. The van der Waals surface area contributed by atoms with Gasteiger partial charge in [-0.1, -0.05) is 23.2 Å². The van der Waals surface area contributed by atoms with E-state index in [1.165, 1.54) is 6.08 Å². The van der Waals surface area contributed by atoms with Crippen molar-refractivity contribution in [2.75, 3.05) is 6.61 Å². The third-order valence-electron chi connectivity index (χ3n) is 1.71. The first-order valence-electron chi connectivity index (χ1n) is 4.10. The quantitative estimate of drug-likeness (QED) is 0.427. The second-order valence-electron chi connectivity index (χ2n) is 2.72. The maximum absolute atomic E-state index is 10.0. The summed E-state index contributed by atoms with van der Waals surface area (Å²) in [7, 11) is 0. The van der Waals surface area contributed by atoms with Crippen molar-refractivity contribution in [1.29, 1.82) is 0 Å². The van der Waals surface area contributed by atoms with E-state index >= 15 is 0 Å². The lowest BCUT2D eigenvalue weighted by Gasteiger charge is -2.25. The Morgan fingerprint density at radius 2 is 2.50 bits per heavy atom. The van der Waals surface area contributed by atoms with Gasteiger partial charge >= 0.3 is 0 Å². The maximum atomic E-state index is 10.0. The second kappa shape index (κ2) is 4.76. The van der Waals surface area contributed by atoms with Crippen molar-refractivity contribution in [2.24, 2.45) is 4.99 Å². The fourth-order valence-corrected chi connectivity index (χ4v) is 1.82. The van der Waals surface area contributed by atoms with Crippen LogP contribution in [0.5, 0.6) is 0 Å². The number of ether oxygens (including phenoxy) is 1. The van der Waals surface area contributed by atoms with E-state index < -0.39 is 5.06 Å². The van der Waals surface area contributed by atoms with Gasteiger partial charge in [0, 0.05) is 18.1 Å². The minimum atomic E-state index is -0.909. The molecule has 76 valence electrons. The van der Waals surface area contributed by atoms with Crippen LogP contribution in [0.4, 0.5) is 0 Å². The van der Waals surface area contributed by atoms with Crippen molar-refractivity contribution in [3.63, 3.8) is 0 Å². The van der Waals surface area contributed by atoms with Crippen molar-refractivity contribution in [1.82, 2.24) is 0 Å². The Morgan fingerprint density at radius 3 is 3.00 bits per heavy atom. The Hall–Kier alpha value is -0.600. The van der Waals surface area contributed by atoms with E-state index in [4.69, 9.17) is 27.9 Å². The lowest BCUT2D eigenvalue weighted by molar-refractivity contribution is 0.0639. The van der Waals surface area contributed by atoms with Crippen LogP contribution in [0.2, 0.25) is 0 Å². The fourth-order valence-electron chi connectivity index (χ4n) is 1.14. The van der Waals surface area contributed by atoms with Crippen molar-refractivity contribution >= 4 is 29.3 Å². The summed E-state index contributed by atoms with van der Waals surface area (Å²) in [5, 5.41) is -0.507. The van der Waals surface area contributed by atoms with Gasteiger partial charge in [-0.25, -0.2) is 4.79 Å². The van der Waals surface area contributed by atoms with Gasteiger partial charge in [-0.05, 0) is 19.1 Å². The summed E-state index contributed by atoms with van der Waals surface area (Å²) in [6, 6.07) is 0. The number of carbonyl (C=O) groups excluding carboxylic acids is 1. The van der Waals surface area contributed by atoms with Crippen molar-refractivity contribution in [2.45, 2.75) is 18.4 Å². The van der Waals surface area contributed by atoms with Crippen LogP contribution >= 0.6 is 23.2 Å². The zero-order chi connectivity index (χ0) is 10.6. The number of hydrogen-bond acceptors (Lipinski definition) is 3. The molecule has 0 aromatic heterocycles. The highest BCUT2D eigenvalue weighted by atomic mass is 35.5. The number of alkyl halides is 1. The van der Waals surface area contributed by atoms with Crippen LogP contribution in [-0.2, 0) is 9.53 Å². The molecule has 0 spiro atoms. The highest BCUT2D eigenvalue weighted by molar-refractivity contribution is 6.32. The Balaban J connectivity index is 2.84. The third-order valence-corrected chi connectivity index (χ3v) is 2.41. The summed E-state index contributed by atoms with van der Waals surface area (Å²) in [5.74, 6) is 0. The molecule has 0 fully saturated rings. The van der Waals surface area contributed by atoms with Crippen molar-refractivity contribution < 1.29 is 9.53 Å². The summed E-state index contributed by atoms with van der Waals surface area (Å²) >= 11 is 11.9. The van der Waals surface area contributed by atoms with Gasteiger partial charge < -0.3 is 4.74 Å². The lowest BCUT2D eigenvalue weighted by atomic mass is 10.1. The molecule has 0 amide bonds. The van der Waals surface area contributed by atoms with Crippen LogP contribution < -0.4 is 0 Å². The first kappa shape index (κ1) is 11.5. The largest absolute Gasteiger partial charge is 0.356 e. The summed E-state index contributed by atoms with van der Waals surface area (Å²) in [6.07, 6.45) is 4.91. The molecule has 0 aromatic rings. The van der Waals surface area contributed by atoms with E-state index in [2.05, 4.69) is 4.99 Å². The van der Waals surface area contributed by atoms with Crippen LogP contribution in [0, 0.1) is 0 Å². The van der Waals surface area contributed by atoms with Crippen LogP contribution in [0.3, 0.4) is 0 Å². The predicted molar refractivity (Wildman–Crippen MR) is 55.0 cm³/mol. The van der Waals surface area contributed by atoms with E-state index in [1.807, 2.05) is 6.92 Å². The SMILES string of the molecule is CCOC1(Cl)C=CC(N=C=O)=C(Cl)C1. The lowest BCUT2D eigenvalue weighted by Crippen LogP contribution is -2.25. The molecular formula is C9H9Cl2NO2. The Labute approximate surface area is 92.1 Å². The number of allylic oxidation sites excluding steroid dienone is 1. The average Bonchev–Trinajstić information content (AvgIpc) is 2.10. The smallest absolute Gasteiger partial charge is 0.240 e. The zero-order valence-corrected chi connectivity index (χ0v) is 9.10. The molecule has 5 heteroatoms. The number of hydrogen-bond donors (Lipinski definition) is 0. The highest BCUT2D eigenvalue weighted by Crippen LogP contribution is 2.35. The monoisotopic (exact) mass is 233 g/mol. The molecule has 0 N–H and O–H groups in total. The normalized spacial score (nSPS) is 26.2. The summed E-state index contributed by atoms with van der Waals surface area (Å²) in [6.45, 7) is 2.33. The van der Waals surface area contributed by atoms with Gasteiger partial charge in [0.15, 0.2) is 5.06 Å². The van der Waals surface area contributed by atoms with Crippen LogP contribution in [0.1, 0.15) is 13.3 Å². The van der Waals surface area contributed by atoms with E-state index in [1.54, 1.807) is 12.2 Å². The minimum absolute atomic E-state index is 0.307. The number of nitrogens with zero attached hydrogens (tertiary/aromatic N) is 1. The molecule has 1 aliphatic carbocycles. The Morgan fingerprint density at radius 1 is 1.79 bits per heavy atom. The van der Waals surface area contributed by atoms with E-state index in [0.717, 1.165) is 0 Å². The molecular weight excluding hydrogens is 225 g/mol. The standard InChI is InChI=1S/C9H9Cl2NO2/c1-2-14-9(11)4-3-8(12-6-13)7(10)5-9/h3-4H,2,5H2,1H3. The van der Waals surface area contributed by atoms with Gasteiger partial charge in [0.2, 0.25) is 6.08 Å². The molecule has 0 aliphatic heterocycles. The van der Waals surface area contributed by atoms with Gasteiger partial charge in [-0.15, -0.1) is 0 Å². The molecule has 0 heterocycles. The molecule has 0 saturated heterocycles. The van der Waals surface area contributed by atoms with Gasteiger partial charge in [-0.2, -0.15) is 4.99 Å². The molecule has 0 saturated carbocycles. The first-order valence-corrected chi connectivity index (χ1v) is 4.85. The van der Waals surface area contributed by atoms with Gasteiger partial charge in [0.05, 0.1) is 5.70 Å². The molecule has 1 unspecified atom stereocenters. The van der Waals surface area contributed by atoms with Gasteiger partial charge in [-0.3, -0.25) is 0 Å². The van der Waals surface area contributed by atoms with Gasteiger partial charge in [0.25, 0.3) is 0 Å². The second-order valence-corrected chi connectivity index (χ2v) is 3.82. The van der Waals surface area contributed by atoms with E-state index in [0.29, 0.717) is 23.8 Å². The maximum Gasteiger partial charge on any atom is 0.240 e. The molecule has 0 aromatic carbocycles. The Kier molecular flexibility index (Phi) is 3.90. The molecule has 0 radical (unpaired) electrons. The fraction of sp³-hybridized carbons (Fsp3) is 0.444. The number of rotatable bonds is 3. The number of aliphatic imine (C=N–C) groups is 1. The molecule has 1 rings (SSSR count). The number of isocyanates is 1. The van der Waals surface area contributed by atoms with Crippen molar-refractivity contribution in [3.8, 4) is 0 Å². The van der Waals surface area contributed by atoms with E-state index in [9.17, 15) is 4.79 Å². The molecule has 14 heavy (non-hydrogen) atoms. The van der Waals surface area contributed by atoms with Gasteiger partial charge in [0.1, 0.15) is 0 Å². The van der Waals surface area contributed by atoms with Crippen LogP contribution in [0.25, 0.3) is 0 Å². The molecule has 1 aliphatic rings.